The summed E-state index contributed by atoms with van der Waals surface area (Å²) < 4.78 is 7.20. The van der Waals surface area contributed by atoms with E-state index in [9.17, 15) is 0 Å². The molecule has 0 spiro atoms. The number of rotatable bonds is 4. The molecule has 1 atom stereocenters. The van der Waals surface area contributed by atoms with E-state index in [-0.39, 0.29) is 11.5 Å². The van der Waals surface area contributed by atoms with Crippen LogP contribution in [-0.2, 0) is 4.43 Å². The fraction of sp³-hybridized carbons (Fsp3) is 0.571. The Kier molecular flexibility index (Phi) is 5.43. The van der Waals surface area contributed by atoms with Crippen molar-refractivity contribution in [3.05, 3.63) is 28.2 Å². The third kappa shape index (κ3) is 5.12. The Hall–Kier alpha value is -0.323. The molecule has 0 heterocycles. The summed E-state index contributed by atoms with van der Waals surface area (Å²) in [7, 11) is -0.752. The first-order chi connectivity index (χ1) is 8.19. The highest BCUT2D eigenvalue weighted by Gasteiger charge is 2.23. The van der Waals surface area contributed by atoms with Gasteiger partial charge in [0.25, 0.3) is 0 Å². The zero-order valence-electron chi connectivity index (χ0n) is 11.9. The van der Waals surface area contributed by atoms with Gasteiger partial charge in [-0.25, -0.2) is 0 Å². The molecular weight excluding hydrogens is 306 g/mol. The molecular formula is C14H23BrNOSi. The van der Waals surface area contributed by atoms with Crippen LogP contribution in [0.5, 0.6) is 0 Å². The molecule has 0 aromatic heterocycles. The first-order valence-electron chi connectivity index (χ1n) is 6.21. The van der Waals surface area contributed by atoms with Crippen LogP contribution < -0.4 is 5.73 Å². The monoisotopic (exact) mass is 328 g/mol. The number of anilines is 1. The van der Waals surface area contributed by atoms with Crippen molar-refractivity contribution in [3.8, 4) is 0 Å². The van der Waals surface area contributed by atoms with E-state index in [1.54, 1.807) is 0 Å². The Balaban J connectivity index is 3.04. The lowest BCUT2D eigenvalue weighted by molar-refractivity contribution is 0.147. The highest BCUT2D eigenvalue weighted by molar-refractivity contribution is 9.10. The average molecular weight is 329 g/mol. The Morgan fingerprint density at radius 2 is 1.94 bits per heavy atom. The van der Waals surface area contributed by atoms with E-state index in [0.29, 0.717) is 0 Å². The lowest BCUT2D eigenvalue weighted by Gasteiger charge is -2.29. The lowest BCUT2D eigenvalue weighted by Crippen LogP contribution is -2.20. The minimum atomic E-state index is -0.752. The zero-order valence-corrected chi connectivity index (χ0v) is 14.5. The highest BCUT2D eigenvalue weighted by atomic mass is 79.9. The van der Waals surface area contributed by atoms with Crippen molar-refractivity contribution in [2.75, 3.05) is 5.73 Å². The number of hydrogen-bond donors (Lipinski definition) is 1. The molecule has 1 aromatic rings. The van der Waals surface area contributed by atoms with Crippen LogP contribution in [0, 0.1) is 5.41 Å². The van der Waals surface area contributed by atoms with Gasteiger partial charge in [0.2, 0.25) is 9.04 Å². The normalized spacial score (nSPS) is 13.9. The van der Waals surface area contributed by atoms with Gasteiger partial charge in [-0.1, -0.05) is 36.7 Å². The fourth-order valence-electron chi connectivity index (χ4n) is 1.88. The molecule has 18 heavy (non-hydrogen) atoms. The summed E-state index contributed by atoms with van der Waals surface area (Å²) in [5.41, 5.74) is 8.23. The van der Waals surface area contributed by atoms with Crippen molar-refractivity contribution in [1.29, 1.82) is 0 Å². The molecule has 4 heteroatoms. The largest absolute Gasteiger partial charge is 0.410 e. The Bertz CT molecular complexity index is 401. The summed E-state index contributed by atoms with van der Waals surface area (Å²) >= 11 is 3.51. The molecule has 101 valence electrons. The molecule has 1 radical (unpaired) electrons. The first-order valence-corrected chi connectivity index (χ1v) is 9.41. The number of benzene rings is 1. The van der Waals surface area contributed by atoms with Crippen molar-refractivity contribution in [3.63, 3.8) is 0 Å². The summed E-state index contributed by atoms with van der Waals surface area (Å²) in [5.74, 6) is 0. The maximum Gasteiger partial charge on any atom is 0.205 e. The third-order valence-electron chi connectivity index (χ3n) is 2.57. The quantitative estimate of drug-likeness (QED) is 0.637. The van der Waals surface area contributed by atoms with E-state index in [2.05, 4.69) is 55.9 Å². The van der Waals surface area contributed by atoms with Crippen molar-refractivity contribution in [2.45, 2.75) is 46.4 Å². The van der Waals surface area contributed by atoms with Crippen molar-refractivity contribution >= 4 is 30.7 Å². The molecule has 2 nitrogen and oxygen atoms in total. The van der Waals surface area contributed by atoms with Gasteiger partial charge in [0, 0.05) is 15.7 Å². The van der Waals surface area contributed by atoms with Crippen LogP contribution in [0.1, 0.15) is 38.9 Å². The van der Waals surface area contributed by atoms with E-state index < -0.39 is 9.04 Å². The van der Waals surface area contributed by atoms with E-state index in [1.165, 1.54) is 0 Å². The number of nitrogen functional groups attached to an aromatic ring is 1. The van der Waals surface area contributed by atoms with Gasteiger partial charge in [0.05, 0.1) is 6.10 Å². The van der Waals surface area contributed by atoms with Crippen LogP contribution in [0.2, 0.25) is 13.1 Å². The molecule has 1 rings (SSSR count). The van der Waals surface area contributed by atoms with E-state index in [0.717, 1.165) is 22.1 Å². The lowest BCUT2D eigenvalue weighted by atomic mass is 9.86. The van der Waals surface area contributed by atoms with Gasteiger partial charge in [-0.2, -0.15) is 0 Å². The van der Waals surface area contributed by atoms with Crippen LogP contribution in [0.15, 0.2) is 22.7 Å². The summed E-state index contributed by atoms with van der Waals surface area (Å²) in [4.78, 5) is 0. The molecule has 0 bridgehead atoms. The SMILES string of the molecule is C[Si](C)OC(CC(C)(C)C)c1cc(Br)ccc1N. The van der Waals surface area contributed by atoms with Crippen LogP contribution >= 0.6 is 15.9 Å². The summed E-state index contributed by atoms with van der Waals surface area (Å²) in [6.45, 7) is 11.0. The number of nitrogens with two attached hydrogens (primary N) is 1. The molecule has 0 aliphatic carbocycles. The van der Waals surface area contributed by atoms with Crippen LogP contribution in [-0.4, -0.2) is 9.04 Å². The molecule has 0 amide bonds. The Morgan fingerprint density at radius 3 is 2.44 bits per heavy atom. The predicted octanol–water partition coefficient (Wildman–Crippen LogP) is 4.78. The maximum absolute atomic E-state index is 6.15. The highest BCUT2D eigenvalue weighted by Crippen LogP contribution is 2.36. The van der Waals surface area contributed by atoms with Crippen LogP contribution in [0.3, 0.4) is 0 Å². The molecule has 1 unspecified atom stereocenters. The van der Waals surface area contributed by atoms with Gasteiger partial charge in [0.1, 0.15) is 0 Å². The van der Waals surface area contributed by atoms with Gasteiger partial charge >= 0.3 is 0 Å². The van der Waals surface area contributed by atoms with Crippen molar-refractivity contribution in [2.24, 2.45) is 5.41 Å². The Morgan fingerprint density at radius 1 is 1.33 bits per heavy atom. The molecule has 0 saturated carbocycles. The second kappa shape index (κ2) is 6.22. The second-order valence-electron chi connectivity index (χ2n) is 6.05. The molecule has 2 N–H and O–H groups in total. The number of hydrogen-bond acceptors (Lipinski definition) is 2. The van der Waals surface area contributed by atoms with E-state index >= 15 is 0 Å². The zero-order chi connectivity index (χ0) is 13.9. The van der Waals surface area contributed by atoms with Crippen molar-refractivity contribution in [1.82, 2.24) is 0 Å². The second-order valence-corrected chi connectivity index (χ2v) is 9.02. The van der Waals surface area contributed by atoms with Gasteiger partial charge in [-0.15, -0.1) is 0 Å². The van der Waals surface area contributed by atoms with Crippen LogP contribution in [0.4, 0.5) is 5.69 Å². The van der Waals surface area contributed by atoms with Crippen LogP contribution in [0.25, 0.3) is 0 Å². The molecule has 0 fully saturated rings. The average Bonchev–Trinajstić information content (AvgIpc) is 2.18. The minimum Gasteiger partial charge on any atom is -0.410 e. The van der Waals surface area contributed by atoms with Gasteiger partial charge in [0.15, 0.2) is 0 Å². The summed E-state index contributed by atoms with van der Waals surface area (Å²) in [6.07, 6.45) is 1.06. The molecule has 0 saturated heterocycles. The van der Waals surface area contributed by atoms with E-state index in [4.69, 9.17) is 10.2 Å². The Labute approximate surface area is 121 Å². The molecule has 0 aliphatic heterocycles. The summed E-state index contributed by atoms with van der Waals surface area (Å²) in [5, 5.41) is 0. The third-order valence-corrected chi connectivity index (χ3v) is 3.82. The predicted molar refractivity (Wildman–Crippen MR) is 83.9 cm³/mol. The standard InChI is InChI=1S/C14H23BrNOSi/c1-14(2,3)9-13(17-18(4)5)11-8-10(15)6-7-12(11)16/h6-8,13H,9,16H2,1-5H3. The van der Waals surface area contributed by atoms with E-state index in [1.807, 2.05) is 12.1 Å². The maximum atomic E-state index is 6.15. The first kappa shape index (κ1) is 15.7. The summed E-state index contributed by atoms with van der Waals surface area (Å²) in [6, 6.07) is 5.99. The number of halogens is 1. The molecule has 1 aromatic carbocycles. The van der Waals surface area contributed by atoms with Gasteiger partial charge < -0.3 is 10.2 Å². The van der Waals surface area contributed by atoms with Crippen molar-refractivity contribution < 1.29 is 4.43 Å². The molecule has 0 aliphatic rings. The van der Waals surface area contributed by atoms with Gasteiger partial charge in [-0.3, -0.25) is 0 Å². The topological polar surface area (TPSA) is 35.2 Å². The van der Waals surface area contributed by atoms with Gasteiger partial charge in [-0.05, 0) is 43.1 Å². The fourth-order valence-corrected chi connectivity index (χ4v) is 3.04. The minimum absolute atomic E-state index is 0.0892. The smallest absolute Gasteiger partial charge is 0.205 e.